The van der Waals surface area contributed by atoms with Crippen molar-refractivity contribution >= 4 is 35.6 Å². The van der Waals surface area contributed by atoms with E-state index in [2.05, 4.69) is 12.2 Å². The van der Waals surface area contributed by atoms with Gasteiger partial charge in [0.1, 0.15) is 6.61 Å². The van der Waals surface area contributed by atoms with E-state index in [1.807, 2.05) is 43.3 Å². The van der Waals surface area contributed by atoms with Crippen LogP contribution >= 0.6 is 35.6 Å². The molecule has 0 spiro atoms. The molecule has 0 aliphatic carbocycles. The quantitative estimate of drug-likeness (QED) is 0.460. The molecule has 0 aliphatic rings. The highest BCUT2D eigenvalue weighted by atomic mass is 35.5. The molecule has 1 N–H and O–H groups in total. The molecular formula is C20H26Cl3NO2. The van der Waals surface area contributed by atoms with Gasteiger partial charge in [-0.3, -0.25) is 0 Å². The molecule has 2 aromatic rings. The normalized spacial score (nSPS) is 10.3. The average molecular weight is 419 g/mol. The summed E-state index contributed by atoms with van der Waals surface area (Å²) in [6, 6.07) is 11.5. The first-order valence-electron chi connectivity index (χ1n) is 8.67. The lowest BCUT2D eigenvalue weighted by atomic mass is 10.2. The molecule has 26 heavy (non-hydrogen) atoms. The molecular weight excluding hydrogens is 393 g/mol. The molecule has 0 unspecified atom stereocenters. The van der Waals surface area contributed by atoms with E-state index in [-0.39, 0.29) is 12.4 Å². The molecule has 6 heteroatoms. The van der Waals surface area contributed by atoms with Gasteiger partial charge in [0.25, 0.3) is 0 Å². The zero-order valence-corrected chi connectivity index (χ0v) is 17.5. The standard InChI is InChI=1S/C20H25Cl2NO2.ClH/c1-3-5-10-23-13-15-11-18(22)20(19(12-15)24-4-2)25-14-16-8-6-7-9-17(16)21;/h6-9,11-12,23H,3-5,10,13-14H2,1-2H3;1H. The smallest absolute Gasteiger partial charge is 0.180 e. The van der Waals surface area contributed by atoms with Crippen LogP contribution in [0.3, 0.4) is 0 Å². The summed E-state index contributed by atoms with van der Waals surface area (Å²) in [4.78, 5) is 0. The first-order chi connectivity index (χ1) is 12.2. The Hall–Kier alpha value is -1.13. The maximum Gasteiger partial charge on any atom is 0.180 e. The fourth-order valence-electron chi connectivity index (χ4n) is 2.43. The molecule has 144 valence electrons. The van der Waals surface area contributed by atoms with Crippen molar-refractivity contribution in [2.24, 2.45) is 0 Å². The van der Waals surface area contributed by atoms with Crippen LogP contribution in [0.4, 0.5) is 0 Å². The highest BCUT2D eigenvalue weighted by Crippen LogP contribution is 2.37. The van der Waals surface area contributed by atoms with E-state index >= 15 is 0 Å². The predicted molar refractivity (Wildman–Crippen MR) is 112 cm³/mol. The molecule has 0 aromatic heterocycles. The van der Waals surface area contributed by atoms with Crippen LogP contribution in [0.2, 0.25) is 10.0 Å². The minimum absolute atomic E-state index is 0. The van der Waals surface area contributed by atoms with Gasteiger partial charge in [0, 0.05) is 17.1 Å². The topological polar surface area (TPSA) is 30.5 Å². The lowest BCUT2D eigenvalue weighted by Gasteiger charge is -2.16. The second kappa shape index (κ2) is 12.3. The largest absolute Gasteiger partial charge is 0.490 e. The summed E-state index contributed by atoms with van der Waals surface area (Å²) in [5.41, 5.74) is 1.99. The first-order valence-corrected chi connectivity index (χ1v) is 9.43. The highest BCUT2D eigenvalue weighted by Gasteiger charge is 2.13. The third-order valence-corrected chi connectivity index (χ3v) is 4.38. The molecule has 0 aliphatic heterocycles. The Bertz CT molecular complexity index is 680. The molecule has 2 aromatic carbocycles. The van der Waals surface area contributed by atoms with Crippen molar-refractivity contribution in [3.05, 3.63) is 57.6 Å². The molecule has 0 heterocycles. The number of halogens is 3. The van der Waals surface area contributed by atoms with Gasteiger partial charge in [-0.05, 0) is 43.7 Å². The minimum atomic E-state index is 0. The second-order valence-corrected chi connectivity index (χ2v) is 6.56. The Morgan fingerprint density at radius 2 is 1.77 bits per heavy atom. The monoisotopic (exact) mass is 417 g/mol. The Balaban J connectivity index is 0.00000338. The minimum Gasteiger partial charge on any atom is -0.490 e. The summed E-state index contributed by atoms with van der Waals surface area (Å²) in [6.07, 6.45) is 2.33. The number of hydrogen-bond donors (Lipinski definition) is 1. The summed E-state index contributed by atoms with van der Waals surface area (Å²) in [5, 5.41) is 4.63. The van der Waals surface area contributed by atoms with Crippen LogP contribution in [-0.4, -0.2) is 13.2 Å². The van der Waals surface area contributed by atoms with Gasteiger partial charge < -0.3 is 14.8 Å². The Labute approximate surface area is 172 Å². The van der Waals surface area contributed by atoms with E-state index in [1.54, 1.807) is 0 Å². The van der Waals surface area contributed by atoms with Crippen LogP contribution in [0, 0.1) is 0 Å². The van der Waals surface area contributed by atoms with Crippen LogP contribution < -0.4 is 14.8 Å². The van der Waals surface area contributed by atoms with Crippen molar-refractivity contribution in [1.82, 2.24) is 5.32 Å². The highest BCUT2D eigenvalue weighted by molar-refractivity contribution is 6.32. The third kappa shape index (κ3) is 6.88. The summed E-state index contributed by atoms with van der Waals surface area (Å²) in [6.45, 7) is 6.75. The number of unbranched alkanes of at least 4 members (excludes halogenated alkanes) is 1. The third-order valence-electron chi connectivity index (χ3n) is 3.74. The van der Waals surface area contributed by atoms with Crippen molar-refractivity contribution in [1.29, 1.82) is 0 Å². The first kappa shape index (κ1) is 22.9. The zero-order chi connectivity index (χ0) is 18.1. The molecule has 0 bridgehead atoms. The van der Waals surface area contributed by atoms with Crippen LogP contribution in [0.15, 0.2) is 36.4 Å². The number of hydrogen-bond acceptors (Lipinski definition) is 3. The SMILES string of the molecule is CCCCNCc1cc(Cl)c(OCc2ccccc2Cl)c(OCC)c1.Cl. The van der Waals surface area contributed by atoms with Gasteiger partial charge in [0.2, 0.25) is 0 Å². The summed E-state index contributed by atoms with van der Waals surface area (Å²) in [5.74, 6) is 1.22. The van der Waals surface area contributed by atoms with Gasteiger partial charge in [0.15, 0.2) is 11.5 Å². The van der Waals surface area contributed by atoms with Crippen molar-refractivity contribution in [2.45, 2.75) is 39.8 Å². The fraction of sp³-hybridized carbons (Fsp3) is 0.400. The molecule has 2 rings (SSSR count). The number of nitrogens with one attached hydrogen (secondary N) is 1. The van der Waals surface area contributed by atoms with Crippen molar-refractivity contribution in [2.75, 3.05) is 13.2 Å². The van der Waals surface area contributed by atoms with Gasteiger partial charge in [-0.25, -0.2) is 0 Å². The Morgan fingerprint density at radius 1 is 1.00 bits per heavy atom. The number of rotatable bonds is 10. The Kier molecular flexibility index (Phi) is 10.8. The summed E-state index contributed by atoms with van der Waals surface area (Å²) in [7, 11) is 0. The average Bonchev–Trinajstić information content (AvgIpc) is 2.60. The molecule has 0 fully saturated rings. The molecule has 0 amide bonds. The van der Waals surface area contributed by atoms with Crippen molar-refractivity contribution in [3.8, 4) is 11.5 Å². The molecule has 0 radical (unpaired) electrons. The second-order valence-electron chi connectivity index (χ2n) is 5.75. The van der Waals surface area contributed by atoms with E-state index in [0.717, 1.165) is 30.6 Å². The van der Waals surface area contributed by atoms with Gasteiger partial charge in [-0.15, -0.1) is 12.4 Å². The van der Waals surface area contributed by atoms with Crippen LogP contribution in [0.25, 0.3) is 0 Å². The Morgan fingerprint density at radius 3 is 2.46 bits per heavy atom. The van der Waals surface area contributed by atoms with Crippen LogP contribution in [0.5, 0.6) is 11.5 Å². The fourth-order valence-corrected chi connectivity index (χ4v) is 2.90. The summed E-state index contributed by atoms with van der Waals surface area (Å²) < 4.78 is 11.7. The van der Waals surface area contributed by atoms with Crippen molar-refractivity contribution in [3.63, 3.8) is 0 Å². The number of ether oxygens (including phenoxy) is 2. The molecule has 0 atom stereocenters. The predicted octanol–water partition coefficient (Wildman–Crippen LogP) is 6.28. The van der Waals surface area contributed by atoms with Gasteiger partial charge in [0.05, 0.1) is 11.6 Å². The van der Waals surface area contributed by atoms with Gasteiger partial charge >= 0.3 is 0 Å². The van der Waals surface area contributed by atoms with Crippen LogP contribution in [-0.2, 0) is 13.2 Å². The summed E-state index contributed by atoms with van der Waals surface area (Å²) >= 11 is 12.6. The van der Waals surface area contributed by atoms with Gasteiger partial charge in [-0.1, -0.05) is 54.7 Å². The molecule has 0 saturated carbocycles. The van der Waals surface area contributed by atoms with E-state index in [9.17, 15) is 0 Å². The van der Waals surface area contributed by atoms with Crippen LogP contribution in [0.1, 0.15) is 37.8 Å². The lowest BCUT2D eigenvalue weighted by Crippen LogP contribution is -2.14. The van der Waals surface area contributed by atoms with E-state index < -0.39 is 0 Å². The maximum absolute atomic E-state index is 6.45. The zero-order valence-electron chi connectivity index (χ0n) is 15.2. The van der Waals surface area contributed by atoms with Crippen molar-refractivity contribution < 1.29 is 9.47 Å². The molecule has 0 saturated heterocycles. The molecule has 3 nitrogen and oxygen atoms in total. The lowest BCUT2D eigenvalue weighted by molar-refractivity contribution is 0.269. The van der Waals surface area contributed by atoms with E-state index in [4.69, 9.17) is 32.7 Å². The van der Waals surface area contributed by atoms with Gasteiger partial charge in [-0.2, -0.15) is 0 Å². The number of benzene rings is 2. The van der Waals surface area contributed by atoms with E-state index in [0.29, 0.717) is 34.8 Å². The van der Waals surface area contributed by atoms with E-state index in [1.165, 1.54) is 6.42 Å². The maximum atomic E-state index is 6.45.